The summed E-state index contributed by atoms with van der Waals surface area (Å²) < 4.78 is 37.7. The van der Waals surface area contributed by atoms with Gasteiger partial charge in [0.2, 0.25) is 0 Å². The minimum atomic E-state index is -4.32. The molecule has 0 unspecified atom stereocenters. The van der Waals surface area contributed by atoms with E-state index < -0.39 is 17.3 Å². The van der Waals surface area contributed by atoms with E-state index >= 15 is 0 Å². The van der Waals surface area contributed by atoms with Gasteiger partial charge in [0.15, 0.2) is 0 Å². The van der Waals surface area contributed by atoms with Crippen molar-refractivity contribution in [3.63, 3.8) is 0 Å². The van der Waals surface area contributed by atoms with Crippen LogP contribution in [0, 0.1) is 0 Å². The summed E-state index contributed by atoms with van der Waals surface area (Å²) in [6, 6.07) is 5.15. The summed E-state index contributed by atoms with van der Waals surface area (Å²) in [4.78, 5) is 14.1. The van der Waals surface area contributed by atoms with E-state index in [0.29, 0.717) is 25.9 Å². The van der Waals surface area contributed by atoms with Gasteiger partial charge in [-0.1, -0.05) is 12.1 Å². The zero-order valence-corrected chi connectivity index (χ0v) is 13.3. The second kappa shape index (κ2) is 6.37. The van der Waals surface area contributed by atoms with Gasteiger partial charge >= 0.3 is 6.18 Å². The normalized spacial score (nSPS) is 23.8. The molecule has 1 aromatic carbocycles. The van der Waals surface area contributed by atoms with Gasteiger partial charge in [0.05, 0.1) is 5.56 Å². The Morgan fingerprint density at radius 1 is 1.29 bits per heavy atom. The number of rotatable bonds is 4. The first-order valence-electron chi connectivity index (χ1n) is 8.18. The van der Waals surface area contributed by atoms with Crippen LogP contribution < -0.4 is 5.32 Å². The molecule has 2 N–H and O–H groups in total. The standard InChI is InChI=1S/C17H21F3N2O2/c18-17(19,20)13-4-2-12(3-5-13)10-22-9-6-14(11-22)21-15(23)16(24)7-1-8-16/h2-5,14,24H,1,6-11H2,(H,21,23)/t14-/m0/s1. The molecule has 1 aliphatic heterocycles. The highest BCUT2D eigenvalue weighted by Crippen LogP contribution is 2.32. The van der Waals surface area contributed by atoms with Crippen LogP contribution in [-0.4, -0.2) is 40.6 Å². The Hall–Kier alpha value is -1.60. The van der Waals surface area contributed by atoms with Gasteiger partial charge < -0.3 is 10.4 Å². The van der Waals surface area contributed by atoms with Gasteiger partial charge in [-0.2, -0.15) is 13.2 Å². The highest BCUT2D eigenvalue weighted by molar-refractivity contribution is 5.86. The number of carbonyl (C=O) groups excluding carboxylic acids is 1. The Bertz CT molecular complexity index is 597. The van der Waals surface area contributed by atoms with Crippen LogP contribution in [0.4, 0.5) is 13.2 Å². The Balaban J connectivity index is 1.50. The molecule has 0 radical (unpaired) electrons. The van der Waals surface area contributed by atoms with Crippen LogP contribution in [0.25, 0.3) is 0 Å². The van der Waals surface area contributed by atoms with Crippen LogP contribution in [0.15, 0.2) is 24.3 Å². The number of halogens is 3. The molecule has 0 aromatic heterocycles. The maximum Gasteiger partial charge on any atom is 0.416 e. The number of carbonyl (C=O) groups is 1. The monoisotopic (exact) mass is 342 g/mol. The third kappa shape index (κ3) is 3.72. The third-order valence-corrected chi connectivity index (χ3v) is 4.90. The number of benzene rings is 1. The molecule has 1 saturated heterocycles. The van der Waals surface area contributed by atoms with E-state index in [1.807, 2.05) is 0 Å². The second-order valence-electron chi connectivity index (χ2n) is 6.77. The summed E-state index contributed by atoms with van der Waals surface area (Å²) in [5.74, 6) is -0.296. The van der Waals surface area contributed by atoms with E-state index in [4.69, 9.17) is 0 Å². The summed E-state index contributed by atoms with van der Waals surface area (Å²) in [5.41, 5.74) is -1.03. The van der Waals surface area contributed by atoms with Crippen molar-refractivity contribution in [2.75, 3.05) is 13.1 Å². The van der Waals surface area contributed by atoms with Crippen molar-refractivity contribution in [2.45, 2.75) is 50.0 Å². The first-order chi connectivity index (χ1) is 11.3. The summed E-state index contributed by atoms with van der Waals surface area (Å²) in [6.07, 6.45) is -1.64. The average molecular weight is 342 g/mol. The zero-order valence-electron chi connectivity index (χ0n) is 13.3. The number of nitrogens with one attached hydrogen (secondary N) is 1. The van der Waals surface area contributed by atoms with Crippen LogP contribution >= 0.6 is 0 Å². The first-order valence-corrected chi connectivity index (χ1v) is 8.18. The van der Waals surface area contributed by atoms with Crippen LogP contribution in [0.2, 0.25) is 0 Å². The molecule has 0 bridgehead atoms. The Morgan fingerprint density at radius 3 is 2.50 bits per heavy atom. The molecule has 1 aromatic rings. The summed E-state index contributed by atoms with van der Waals surface area (Å²) >= 11 is 0. The van der Waals surface area contributed by atoms with Gasteiger partial charge in [0, 0.05) is 25.7 Å². The molecule has 132 valence electrons. The molecular formula is C17H21F3N2O2. The fourth-order valence-electron chi connectivity index (χ4n) is 3.21. The van der Waals surface area contributed by atoms with Crippen LogP contribution in [0.3, 0.4) is 0 Å². The maximum absolute atomic E-state index is 12.6. The number of amides is 1. The molecule has 7 heteroatoms. The first kappa shape index (κ1) is 17.2. The molecular weight excluding hydrogens is 321 g/mol. The Labute approximate surface area is 138 Å². The van der Waals surface area contributed by atoms with Crippen molar-refractivity contribution < 1.29 is 23.1 Å². The molecule has 2 aliphatic rings. The lowest BCUT2D eigenvalue weighted by molar-refractivity contribution is -0.149. The lowest BCUT2D eigenvalue weighted by Crippen LogP contribution is -2.54. The number of alkyl halides is 3. The van der Waals surface area contributed by atoms with Crippen molar-refractivity contribution in [1.29, 1.82) is 0 Å². The van der Waals surface area contributed by atoms with E-state index in [1.54, 1.807) is 0 Å². The number of hydrogen-bond acceptors (Lipinski definition) is 3. The lowest BCUT2D eigenvalue weighted by atomic mass is 9.79. The number of hydrogen-bond donors (Lipinski definition) is 2. The van der Waals surface area contributed by atoms with Crippen LogP contribution in [0.5, 0.6) is 0 Å². The minimum Gasteiger partial charge on any atom is -0.380 e. The van der Waals surface area contributed by atoms with Crippen LogP contribution in [-0.2, 0) is 17.5 Å². The SMILES string of the molecule is O=C(N[C@H]1CCN(Cc2ccc(C(F)(F)F)cc2)C1)C1(O)CCC1. The summed E-state index contributed by atoms with van der Waals surface area (Å²) in [5, 5.41) is 12.9. The predicted octanol–water partition coefficient (Wildman–Crippen LogP) is 2.31. The molecule has 1 atom stereocenters. The highest BCUT2D eigenvalue weighted by atomic mass is 19.4. The largest absolute Gasteiger partial charge is 0.416 e. The van der Waals surface area contributed by atoms with Gasteiger partial charge in [0.25, 0.3) is 5.91 Å². The topological polar surface area (TPSA) is 52.6 Å². The smallest absolute Gasteiger partial charge is 0.380 e. The second-order valence-corrected chi connectivity index (χ2v) is 6.77. The average Bonchev–Trinajstić information content (AvgIpc) is 2.91. The van der Waals surface area contributed by atoms with Gasteiger partial charge in [-0.05, 0) is 43.4 Å². The predicted molar refractivity (Wildman–Crippen MR) is 82.1 cm³/mol. The van der Waals surface area contributed by atoms with Gasteiger partial charge in [-0.15, -0.1) is 0 Å². The maximum atomic E-state index is 12.6. The van der Waals surface area contributed by atoms with Crippen molar-refractivity contribution in [2.24, 2.45) is 0 Å². The molecule has 2 fully saturated rings. The van der Waals surface area contributed by atoms with Gasteiger partial charge in [0.1, 0.15) is 5.60 Å². The fraction of sp³-hybridized carbons (Fsp3) is 0.588. The number of aliphatic hydroxyl groups is 1. The van der Waals surface area contributed by atoms with Gasteiger partial charge in [-0.25, -0.2) is 0 Å². The van der Waals surface area contributed by atoms with Crippen molar-refractivity contribution >= 4 is 5.91 Å². The van der Waals surface area contributed by atoms with E-state index in [2.05, 4.69) is 10.2 Å². The molecule has 1 heterocycles. The van der Waals surface area contributed by atoms with Crippen molar-refractivity contribution in [1.82, 2.24) is 10.2 Å². The Kier molecular flexibility index (Phi) is 4.57. The minimum absolute atomic E-state index is 0.0171. The molecule has 1 amide bonds. The fourth-order valence-corrected chi connectivity index (χ4v) is 3.21. The number of nitrogens with zero attached hydrogens (tertiary/aromatic N) is 1. The molecule has 24 heavy (non-hydrogen) atoms. The van der Waals surface area contributed by atoms with E-state index in [-0.39, 0.29) is 11.9 Å². The molecule has 4 nitrogen and oxygen atoms in total. The molecule has 1 aliphatic carbocycles. The molecule has 3 rings (SSSR count). The summed E-state index contributed by atoms with van der Waals surface area (Å²) in [6.45, 7) is 1.96. The summed E-state index contributed by atoms with van der Waals surface area (Å²) in [7, 11) is 0. The van der Waals surface area contributed by atoms with Crippen molar-refractivity contribution in [3.8, 4) is 0 Å². The number of likely N-dealkylation sites (tertiary alicyclic amines) is 1. The molecule has 1 saturated carbocycles. The van der Waals surface area contributed by atoms with Crippen molar-refractivity contribution in [3.05, 3.63) is 35.4 Å². The third-order valence-electron chi connectivity index (χ3n) is 4.90. The quantitative estimate of drug-likeness (QED) is 0.883. The lowest BCUT2D eigenvalue weighted by Gasteiger charge is -2.35. The Morgan fingerprint density at radius 2 is 1.96 bits per heavy atom. The van der Waals surface area contributed by atoms with Crippen LogP contribution in [0.1, 0.15) is 36.8 Å². The van der Waals surface area contributed by atoms with E-state index in [9.17, 15) is 23.1 Å². The highest BCUT2D eigenvalue weighted by Gasteiger charge is 2.43. The van der Waals surface area contributed by atoms with Gasteiger partial charge in [-0.3, -0.25) is 9.69 Å². The van der Waals surface area contributed by atoms with E-state index in [0.717, 1.165) is 37.1 Å². The van der Waals surface area contributed by atoms with E-state index in [1.165, 1.54) is 12.1 Å². The molecule has 0 spiro atoms. The zero-order chi connectivity index (χ0) is 17.4.